The fourth-order valence-electron chi connectivity index (χ4n) is 2.11. The Hall–Kier alpha value is -1.59. The van der Waals surface area contributed by atoms with E-state index in [9.17, 15) is 9.59 Å². The summed E-state index contributed by atoms with van der Waals surface area (Å²) >= 11 is 6.18. The van der Waals surface area contributed by atoms with Crippen molar-refractivity contribution in [1.82, 2.24) is 5.32 Å². The Morgan fingerprint density at radius 3 is 3.00 bits per heavy atom. The van der Waals surface area contributed by atoms with Crippen LogP contribution < -0.4 is 10.2 Å². The van der Waals surface area contributed by atoms with E-state index in [0.29, 0.717) is 30.3 Å². The number of aldehydes is 1. The molecule has 1 aromatic carbocycles. The van der Waals surface area contributed by atoms with E-state index in [1.807, 2.05) is 4.90 Å². The van der Waals surface area contributed by atoms with Gasteiger partial charge in [0.05, 0.1) is 23.9 Å². The van der Waals surface area contributed by atoms with Crippen molar-refractivity contribution in [3.63, 3.8) is 0 Å². The van der Waals surface area contributed by atoms with Gasteiger partial charge < -0.3 is 15.0 Å². The average Bonchev–Trinajstić information content (AvgIpc) is 2.46. The average molecular weight is 283 g/mol. The first-order valence-electron chi connectivity index (χ1n) is 5.98. The summed E-state index contributed by atoms with van der Waals surface area (Å²) in [7, 11) is 1.59. The maximum absolute atomic E-state index is 11.9. The van der Waals surface area contributed by atoms with Gasteiger partial charge in [-0.1, -0.05) is 11.6 Å². The van der Waals surface area contributed by atoms with E-state index in [-0.39, 0.29) is 5.91 Å². The van der Waals surface area contributed by atoms with Gasteiger partial charge in [0.15, 0.2) is 0 Å². The van der Waals surface area contributed by atoms with Crippen LogP contribution in [0.2, 0.25) is 5.02 Å². The summed E-state index contributed by atoms with van der Waals surface area (Å²) in [6, 6.07) is 4.64. The van der Waals surface area contributed by atoms with Crippen molar-refractivity contribution in [1.29, 1.82) is 0 Å². The normalized spacial score (nSPS) is 19.1. The zero-order valence-corrected chi connectivity index (χ0v) is 11.3. The second kappa shape index (κ2) is 6.04. The molecule has 1 saturated heterocycles. The van der Waals surface area contributed by atoms with Crippen LogP contribution in [0, 0.1) is 0 Å². The molecule has 1 N–H and O–H groups in total. The molecule has 19 heavy (non-hydrogen) atoms. The van der Waals surface area contributed by atoms with Crippen LogP contribution in [0.15, 0.2) is 18.2 Å². The van der Waals surface area contributed by atoms with E-state index < -0.39 is 6.04 Å². The van der Waals surface area contributed by atoms with Gasteiger partial charge in [0.2, 0.25) is 5.91 Å². The van der Waals surface area contributed by atoms with E-state index in [0.717, 1.165) is 12.0 Å². The predicted octanol–water partition coefficient (Wildman–Crippen LogP) is 1.10. The molecule has 0 bridgehead atoms. The third-order valence-corrected chi connectivity index (χ3v) is 3.40. The van der Waals surface area contributed by atoms with Crippen molar-refractivity contribution in [2.45, 2.75) is 6.04 Å². The summed E-state index contributed by atoms with van der Waals surface area (Å²) in [5.74, 6) is -0.116. The SMILES string of the molecule is CNC(=O)C1COCCN1c1ccc(C=O)cc1Cl. The molecule has 0 saturated carbocycles. The molecule has 5 nitrogen and oxygen atoms in total. The molecule has 1 heterocycles. The summed E-state index contributed by atoms with van der Waals surface area (Å²) in [5, 5.41) is 3.08. The van der Waals surface area contributed by atoms with Gasteiger partial charge in [-0.15, -0.1) is 0 Å². The van der Waals surface area contributed by atoms with Crippen LogP contribution in [0.25, 0.3) is 0 Å². The van der Waals surface area contributed by atoms with Crippen molar-refractivity contribution < 1.29 is 14.3 Å². The number of halogens is 1. The monoisotopic (exact) mass is 282 g/mol. The highest BCUT2D eigenvalue weighted by molar-refractivity contribution is 6.33. The Kier molecular flexibility index (Phi) is 4.39. The maximum Gasteiger partial charge on any atom is 0.244 e. The van der Waals surface area contributed by atoms with E-state index >= 15 is 0 Å². The number of nitrogens with zero attached hydrogens (tertiary/aromatic N) is 1. The van der Waals surface area contributed by atoms with E-state index in [4.69, 9.17) is 16.3 Å². The second-order valence-electron chi connectivity index (χ2n) is 4.23. The topological polar surface area (TPSA) is 58.6 Å². The number of likely N-dealkylation sites (N-methyl/N-ethyl adjacent to an activating group) is 1. The van der Waals surface area contributed by atoms with Crippen LogP contribution in [0.5, 0.6) is 0 Å². The summed E-state index contributed by atoms with van der Waals surface area (Å²) in [6.07, 6.45) is 0.741. The van der Waals surface area contributed by atoms with Gasteiger partial charge >= 0.3 is 0 Å². The van der Waals surface area contributed by atoms with E-state index in [2.05, 4.69) is 5.32 Å². The number of hydrogen-bond donors (Lipinski definition) is 1. The molecule has 102 valence electrons. The number of ether oxygens (including phenoxy) is 1. The molecule has 1 aliphatic heterocycles. The lowest BCUT2D eigenvalue weighted by atomic mass is 10.1. The van der Waals surface area contributed by atoms with E-state index in [1.54, 1.807) is 25.2 Å². The highest BCUT2D eigenvalue weighted by atomic mass is 35.5. The Balaban J connectivity index is 2.32. The molecule has 1 fully saturated rings. The third kappa shape index (κ3) is 2.88. The van der Waals surface area contributed by atoms with Gasteiger partial charge in [-0.25, -0.2) is 0 Å². The molecule has 1 amide bonds. The Bertz CT molecular complexity index is 493. The number of amides is 1. The van der Waals surface area contributed by atoms with Gasteiger partial charge in [-0.3, -0.25) is 9.59 Å². The summed E-state index contributed by atoms with van der Waals surface area (Å²) in [5.41, 5.74) is 1.25. The quantitative estimate of drug-likeness (QED) is 0.844. The molecule has 1 aliphatic rings. The standard InChI is InChI=1S/C13H15ClN2O3/c1-15-13(18)12-8-19-5-4-16(12)11-3-2-9(7-17)6-10(11)14/h2-3,6-7,12H,4-5,8H2,1H3,(H,15,18). The molecule has 0 spiro atoms. The lowest BCUT2D eigenvalue weighted by Crippen LogP contribution is -2.53. The highest BCUT2D eigenvalue weighted by Gasteiger charge is 2.30. The van der Waals surface area contributed by atoms with Crippen molar-refractivity contribution in [2.75, 3.05) is 31.7 Å². The number of anilines is 1. The smallest absolute Gasteiger partial charge is 0.244 e. The Morgan fingerprint density at radius 1 is 1.58 bits per heavy atom. The molecular weight excluding hydrogens is 268 g/mol. The summed E-state index contributed by atoms with van der Waals surface area (Å²) in [6.45, 7) is 1.45. The molecule has 0 aromatic heterocycles. The lowest BCUT2D eigenvalue weighted by molar-refractivity contribution is -0.124. The number of benzene rings is 1. The van der Waals surface area contributed by atoms with Crippen molar-refractivity contribution in [3.8, 4) is 0 Å². The first-order valence-corrected chi connectivity index (χ1v) is 6.36. The van der Waals surface area contributed by atoms with Crippen molar-refractivity contribution >= 4 is 29.5 Å². The number of carbonyl (C=O) groups is 2. The second-order valence-corrected chi connectivity index (χ2v) is 4.63. The van der Waals surface area contributed by atoms with Crippen LogP contribution in [-0.2, 0) is 9.53 Å². The van der Waals surface area contributed by atoms with Gasteiger partial charge in [0.25, 0.3) is 0 Å². The van der Waals surface area contributed by atoms with Crippen molar-refractivity contribution in [2.24, 2.45) is 0 Å². The fourth-order valence-corrected chi connectivity index (χ4v) is 2.40. The molecule has 6 heteroatoms. The van der Waals surface area contributed by atoms with Crippen LogP contribution in [0.3, 0.4) is 0 Å². The molecular formula is C13H15ClN2O3. The number of rotatable bonds is 3. The maximum atomic E-state index is 11.9. The number of morpholine rings is 1. The third-order valence-electron chi connectivity index (χ3n) is 3.09. The number of nitrogens with one attached hydrogen (secondary N) is 1. The van der Waals surface area contributed by atoms with Crippen LogP contribution in [-0.4, -0.2) is 45.0 Å². The minimum Gasteiger partial charge on any atom is -0.377 e. The first-order chi connectivity index (χ1) is 9.17. The lowest BCUT2D eigenvalue weighted by Gasteiger charge is -2.36. The van der Waals surface area contributed by atoms with Crippen LogP contribution >= 0.6 is 11.6 Å². The first kappa shape index (κ1) is 13.8. The molecule has 0 aliphatic carbocycles. The minimum absolute atomic E-state index is 0.116. The van der Waals surface area contributed by atoms with Gasteiger partial charge in [0, 0.05) is 19.2 Å². The minimum atomic E-state index is -0.404. The zero-order valence-electron chi connectivity index (χ0n) is 10.6. The molecule has 2 rings (SSSR count). The van der Waals surface area contributed by atoms with Gasteiger partial charge in [-0.05, 0) is 18.2 Å². The molecule has 1 aromatic rings. The van der Waals surface area contributed by atoms with Gasteiger partial charge in [0.1, 0.15) is 12.3 Å². The summed E-state index contributed by atoms with van der Waals surface area (Å²) < 4.78 is 5.34. The van der Waals surface area contributed by atoms with Gasteiger partial charge in [-0.2, -0.15) is 0 Å². The molecule has 1 atom stereocenters. The number of carbonyl (C=O) groups excluding carboxylic acids is 2. The Labute approximate surface area is 116 Å². The largest absolute Gasteiger partial charge is 0.377 e. The number of hydrogen-bond acceptors (Lipinski definition) is 4. The molecule has 1 unspecified atom stereocenters. The molecule has 0 radical (unpaired) electrons. The van der Waals surface area contributed by atoms with Crippen LogP contribution in [0.4, 0.5) is 5.69 Å². The predicted molar refractivity (Wildman–Crippen MR) is 72.9 cm³/mol. The highest BCUT2D eigenvalue weighted by Crippen LogP contribution is 2.29. The van der Waals surface area contributed by atoms with E-state index in [1.165, 1.54) is 0 Å². The van der Waals surface area contributed by atoms with Crippen molar-refractivity contribution in [3.05, 3.63) is 28.8 Å². The Morgan fingerprint density at radius 2 is 2.37 bits per heavy atom. The van der Waals surface area contributed by atoms with Crippen LogP contribution in [0.1, 0.15) is 10.4 Å². The summed E-state index contributed by atoms with van der Waals surface area (Å²) in [4.78, 5) is 24.5. The zero-order chi connectivity index (χ0) is 13.8. The fraction of sp³-hybridized carbons (Fsp3) is 0.385.